The number of hydrogen-bond donors (Lipinski definition) is 1. The largest absolute Gasteiger partial charge is 0.241 e. The molecule has 1 N–H and O–H groups in total. The average molecular weight is 391 g/mol. The lowest BCUT2D eigenvalue weighted by Gasteiger charge is -2.08. The predicted octanol–water partition coefficient (Wildman–Crippen LogP) is 4.09. The molecular formula is C19H19FN2O2S2. The van der Waals surface area contributed by atoms with Gasteiger partial charge in [-0.1, -0.05) is 30.3 Å². The van der Waals surface area contributed by atoms with Crippen LogP contribution in [0.2, 0.25) is 0 Å². The quantitative estimate of drug-likeness (QED) is 0.690. The number of halogens is 1. The Labute approximate surface area is 156 Å². The third-order valence-corrected chi connectivity index (χ3v) is 6.88. The molecular weight excluding hydrogens is 371 g/mol. The number of aryl methyl sites for hydroxylation is 2. The summed E-state index contributed by atoms with van der Waals surface area (Å²) in [5.41, 5.74) is 2.27. The highest BCUT2D eigenvalue weighted by molar-refractivity contribution is 7.89. The van der Waals surface area contributed by atoms with E-state index in [1.165, 1.54) is 23.5 Å². The first-order valence-electron chi connectivity index (χ1n) is 8.14. The zero-order valence-electron chi connectivity index (χ0n) is 14.5. The van der Waals surface area contributed by atoms with Gasteiger partial charge in [0.1, 0.15) is 10.8 Å². The lowest BCUT2D eigenvalue weighted by Crippen LogP contribution is -2.26. The molecule has 0 atom stereocenters. The van der Waals surface area contributed by atoms with Gasteiger partial charge in [0, 0.05) is 17.0 Å². The Morgan fingerprint density at radius 1 is 1.12 bits per heavy atom. The molecule has 136 valence electrons. The van der Waals surface area contributed by atoms with Crippen molar-refractivity contribution in [2.45, 2.75) is 25.2 Å². The van der Waals surface area contributed by atoms with Crippen LogP contribution in [0.3, 0.4) is 0 Å². The van der Waals surface area contributed by atoms with E-state index < -0.39 is 10.0 Å². The smallest absolute Gasteiger partial charge is 0.240 e. The molecule has 0 unspecified atom stereocenters. The maximum Gasteiger partial charge on any atom is 0.240 e. The molecule has 2 aromatic carbocycles. The molecule has 0 aliphatic rings. The maximum atomic E-state index is 13.4. The van der Waals surface area contributed by atoms with Gasteiger partial charge in [0.2, 0.25) is 10.0 Å². The summed E-state index contributed by atoms with van der Waals surface area (Å²) in [4.78, 5) is 5.76. The Morgan fingerprint density at radius 3 is 2.62 bits per heavy atom. The Kier molecular flexibility index (Phi) is 5.50. The van der Waals surface area contributed by atoms with Gasteiger partial charge in [0.05, 0.1) is 10.6 Å². The highest BCUT2D eigenvalue weighted by atomic mass is 32.2. The highest BCUT2D eigenvalue weighted by Crippen LogP contribution is 2.28. The fourth-order valence-corrected chi connectivity index (χ4v) is 4.97. The molecule has 0 radical (unpaired) electrons. The molecule has 0 amide bonds. The molecule has 1 heterocycles. The summed E-state index contributed by atoms with van der Waals surface area (Å²) in [5, 5.41) is 0.735. The minimum atomic E-state index is -3.54. The number of rotatable bonds is 6. The molecule has 0 saturated carbocycles. The summed E-state index contributed by atoms with van der Waals surface area (Å²) in [7, 11) is -3.54. The SMILES string of the molecule is Cc1ccccc1S(=O)(=O)NCCc1sc(-c2cccc(F)c2)nc1C. The zero-order valence-corrected chi connectivity index (χ0v) is 16.1. The lowest BCUT2D eigenvalue weighted by molar-refractivity contribution is 0.581. The Morgan fingerprint density at radius 2 is 1.88 bits per heavy atom. The Balaban J connectivity index is 1.70. The third-order valence-electron chi connectivity index (χ3n) is 3.99. The summed E-state index contributed by atoms with van der Waals surface area (Å²) in [5.74, 6) is -0.303. The van der Waals surface area contributed by atoms with E-state index in [1.807, 2.05) is 19.1 Å². The maximum absolute atomic E-state index is 13.4. The van der Waals surface area contributed by atoms with Crippen molar-refractivity contribution in [2.24, 2.45) is 0 Å². The minimum absolute atomic E-state index is 0.280. The molecule has 0 saturated heterocycles. The van der Waals surface area contributed by atoms with E-state index in [0.717, 1.165) is 21.1 Å². The summed E-state index contributed by atoms with van der Waals surface area (Å²) >= 11 is 1.46. The summed E-state index contributed by atoms with van der Waals surface area (Å²) in [6.45, 7) is 3.93. The van der Waals surface area contributed by atoms with Gasteiger partial charge in [-0.05, 0) is 44.0 Å². The second-order valence-corrected chi connectivity index (χ2v) is 8.77. The van der Waals surface area contributed by atoms with Crippen LogP contribution in [0.4, 0.5) is 4.39 Å². The molecule has 0 spiro atoms. The highest BCUT2D eigenvalue weighted by Gasteiger charge is 2.16. The fraction of sp³-hybridized carbons (Fsp3) is 0.211. The van der Waals surface area contributed by atoms with E-state index in [2.05, 4.69) is 9.71 Å². The molecule has 4 nitrogen and oxygen atoms in total. The number of nitrogens with one attached hydrogen (secondary N) is 1. The number of aromatic nitrogens is 1. The van der Waals surface area contributed by atoms with Crippen molar-refractivity contribution in [1.82, 2.24) is 9.71 Å². The molecule has 0 aliphatic carbocycles. The van der Waals surface area contributed by atoms with Crippen LogP contribution in [-0.4, -0.2) is 19.9 Å². The number of nitrogens with zero attached hydrogens (tertiary/aromatic N) is 1. The van der Waals surface area contributed by atoms with Crippen molar-refractivity contribution in [3.63, 3.8) is 0 Å². The molecule has 0 aliphatic heterocycles. The van der Waals surface area contributed by atoms with Gasteiger partial charge < -0.3 is 0 Å². The molecule has 3 rings (SSSR count). The van der Waals surface area contributed by atoms with Crippen LogP contribution in [0.1, 0.15) is 16.1 Å². The first-order chi connectivity index (χ1) is 12.4. The van der Waals surface area contributed by atoms with E-state index >= 15 is 0 Å². The molecule has 7 heteroatoms. The lowest BCUT2D eigenvalue weighted by atomic mass is 10.2. The zero-order chi connectivity index (χ0) is 18.7. The van der Waals surface area contributed by atoms with E-state index in [1.54, 1.807) is 31.2 Å². The molecule has 3 aromatic rings. The second-order valence-electron chi connectivity index (χ2n) is 5.95. The van der Waals surface area contributed by atoms with Gasteiger partial charge in [0.25, 0.3) is 0 Å². The second kappa shape index (κ2) is 7.65. The predicted molar refractivity (Wildman–Crippen MR) is 102 cm³/mol. The topological polar surface area (TPSA) is 59.1 Å². The van der Waals surface area contributed by atoms with Gasteiger partial charge in [-0.25, -0.2) is 22.5 Å². The third kappa shape index (κ3) is 4.17. The number of thiazole rings is 1. The van der Waals surface area contributed by atoms with Gasteiger partial charge in [-0.15, -0.1) is 11.3 Å². The number of sulfonamides is 1. The monoisotopic (exact) mass is 390 g/mol. The summed E-state index contributed by atoms with van der Waals surface area (Å²) < 4.78 is 40.9. The Bertz CT molecular complexity index is 1030. The summed E-state index contributed by atoms with van der Waals surface area (Å²) in [6.07, 6.45) is 0.532. The standard InChI is InChI=1S/C19H19FN2O2S2/c1-13-6-3-4-9-18(13)26(23,24)21-11-10-17-14(2)22-19(25-17)15-7-5-8-16(20)12-15/h3-9,12,21H,10-11H2,1-2H3. The van der Waals surface area contributed by atoms with Crippen molar-refractivity contribution in [1.29, 1.82) is 0 Å². The van der Waals surface area contributed by atoms with E-state index in [0.29, 0.717) is 16.9 Å². The normalized spacial score (nSPS) is 11.7. The van der Waals surface area contributed by atoms with Crippen LogP contribution < -0.4 is 4.72 Å². The van der Waals surface area contributed by atoms with Gasteiger partial charge in [0.15, 0.2) is 0 Å². The first kappa shape index (κ1) is 18.7. The van der Waals surface area contributed by atoms with Gasteiger partial charge >= 0.3 is 0 Å². The Hall–Kier alpha value is -2.09. The average Bonchev–Trinajstić information content (AvgIpc) is 2.96. The number of hydrogen-bond acceptors (Lipinski definition) is 4. The number of benzene rings is 2. The van der Waals surface area contributed by atoms with E-state index in [9.17, 15) is 12.8 Å². The van der Waals surface area contributed by atoms with Crippen molar-refractivity contribution < 1.29 is 12.8 Å². The van der Waals surface area contributed by atoms with Crippen LogP contribution in [0.5, 0.6) is 0 Å². The van der Waals surface area contributed by atoms with Gasteiger partial charge in [-0.2, -0.15) is 0 Å². The van der Waals surface area contributed by atoms with Crippen LogP contribution in [-0.2, 0) is 16.4 Å². The van der Waals surface area contributed by atoms with Crippen LogP contribution >= 0.6 is 11.3 Å². The minimum Gasteiger partial charge on any atom is -0.241 e. The van der Waals surface area contributed by atoms with Crippen molar-refractivity contribution in [3.8, 4) is 10.6 Å². The summed E-state index contributed by atoms with van der Waals surface area (Å²) in [6, 6.07) is 13.2. The van der Waals surface area contributed by atoms with Crippen molar-refractivity contribution in [2.75, 3.05) is 6.54 Å². The fourth-order valence-electron chi connectivity index (χ4n) is 2.64. The van der Waals surface area contributed by atoms with Crippen molar-refractivity contribution >= 4 is 21.4 Å². The molecule has 0 bridgehead atoms. The first-order valence-corrected chi connectivity index (χ1v) is 10.4. The van der Waals surface area contributed by atoms with Crippen LogP contribution in [0, 0.1) is 19.7 Å². The molecule has 0 fully saturated rings. The van der Waals surface area contributed by atoms with Crippen LogP contribution in [0.25, 0.3) is 10.6 Å². The van der Waals surface area contributed by atoms with Gasteiger partial charge in [-0.3, -0.25) is 0 Å². The van der Waals surface area contributed by atoms with Crippen LogP contribution in [0.15, 0.2) is 53.4 Å². The van der Waals surface area contributed by atoms with E-state index in [-0.39, 0.29) is 12.4 Å². The van der Waals surface area contributed by atoms with E-state index in [4.69, 9.17) is 0 Å². The van der Waals surface area contributed by atoms with Crippen molar-refractivity contribution in [3.05, 3.63) is 70.5 Å². The molecule has 1 aromatic heterocycles. The molecule has 26 heavy (non-hydrogen) atoms.